The summed E-state index contributed by atoms with van der Waals surface area (Å²) in [5.74, 6) is 0.450. The van der Waals surface area contributed by atoms with E-state index in [1.54, 1.807) is 12.1 Å². The van der Waals surface area contributed by atoms with Crippen molar-refractivity contribution in [2.75, 3.05) is 5.32 Å². The summed E-state index contributed by atoms with van der Waals surface area (Å²) in [5.41, 5.74) is 8.60. The van der Waals surface area contributed by atoms with Gasteiger partial charge in [0.15, 0.2) is 5.82 Å². The Labute approximate surface area is 216 Å². The Balaban J connectivity index is 1.57. The minimum atomic E-state index is -0.936. The number of anilines is 1. The highest BCUT2D eigenvalue weighted by molar-refractivity contribution is 5.93. The van der Waals surface area contributed by atoms with E-state index in [2.05, 4.69) is 80.3 Å². The van der Waals surface area contributed by atoms with Crippen molar-refractivity contribution in [1.29, 1.82) is 0 Å². The molecule has 0 atom stereocenters. The molecule has 0 aliphatic rings. The number of carboxylic acids is 1. The Bertz CT molecular complexity index is 1600. The zero-order valence-corrected chi connectivity index (χ0v) is 20.8. The van der Waals surface area contributed by atoms with Crippen molar-refractivity contribution in [2.45, 2.75) is 20.4 Å². The van der Waals surface area contributed by atoms with Crippen molar-refractivity contribution < 1.29 is 9.90 Å². The molecule has 0 saturated heterocycles. The summed E-state index contributed by atoms with van der Waals surface area (Å²) in [6, 6.07) is 27.7. The average Bonchev–Trinajstić information content (AvgIpc) is 2.91. The summed E-state index contributed by atoms with van der Waals surface area (Å²) in [4.78, 5) is 21.1. The first-order valence-electron chi connectivity index (χ1n) is 12.1. The fourth-order valence-corrected chi connectivity index (χ4v) is 4.44. The van der Waals surface area contributed by atoms with Crippen molar-refractivity contribution in [3.63, 3.8) is 0 Å². The van der Waals surface area contributed by atoms with Gasteiger partial charge in [0.25, 0.3) is 0 Å². The number of aromatic carboxylic acids is 1. The van der Waals surface area contributed by atoms with Crippen LogP contribution < -0.4 is 5.32 Å². The van der Waals surface area contributed by atoms with Crippen LogP contribution in [0.4, 0.5) is 5.82 Å². The summed E-state index contributed by atoms with van der Waals surface area (Å²) < 4.78 is 0. The Morgan fingerprint density at radius 2 is 1.51 bits per heavy atom. The molecular weight excluding hydrogens is 458 g/mol. The molecule has 0 saturated carbocycles. The van der Waals surface area contributed by atoms with Crippen molar-refractivity contribution in [2.24, 2.45) is 0 Å². The molecule has 0 aliphatic carbocycles. The summed E-state index contributed by atoms with van der Waals surface area (Å²) in [6.07, 6.45) is 1.83. The fraction of sp³-hybridized carbons (Fsp3) is 0.0938. The lowest BCUT2D eigenvalue weighted by molar-refractivity contribution is 0.0697. The molecule has 182 valence electrons. The molecule has 0 bridgehead atoms. The zero-order chi connectivity index (χ0) is 25.9. The Morgan fingerprint density at radius 1 is 0.838 bits per heavy atom. The molecule has 4 aromatic carbocycles. The molecule has 0 aliphatic heterocycles. The number of aryl methyl sites for hydroxylation is 2. The van der Waals surface area contributed by atoms with E-state index in [0.29, 0.717) is 12.4 Å². The minimum absolute atomic E-state index is 0.266. The van der Waals surface area contributed by atoms with E-state index in [-0.39, 0.29) is 5.56 Å². The summed E-state index contributed by atoms with van der Waals surface area (Å²) in [5, 5.41) is 13.5. The second-order valence-electron chi connectivity index (χ2n) is 9.19. The maximum absolute atomic E-state index is 11.2. The monoisotopic (exact) mass is 485 g/mol. The van der Waals surface area contributed by atoms with Crippen LogP contribution in [0.15, 0.2) is 91.5 Å². The molecule has 0 radical (unpaired) electrons. The maximum atomic E-state index is 11.2. The smallest absolute Gasteiger partial charge is 0.335 e. The Morgan fingerprint density at radius 3 is 2.16 bits per heavy atom. The number of carbonyl (C=O) groups is 1. The van der Waals surface area contributed by atoms with Crippen LogP contribution in [0.25, 0.3) is 39.5 Å². The summed E-state index contributed by atoms with van der Waals surface area (Å²) in [7, 11) is 0. The van der Waals surface area contributed by atoms with Crippen molar-refractivity contribution in [3.8, 4) is 22.5 Å². The van der Waals surface area contributed by atoms with Crippen molar-refractivity contribution in [3.05, 3.63) is 119 Å². The highest BCUT2D eigenvalue weighted by Gasteiger charge is 2.12. The lowest BCUT2D eigenvalue weighted by Gasteiger charge is -2.13. The zero-order valence-electron chi connectivity index (χ0n) is 20.8. The lowest BCUT2D eigenvalue weighted by atomic mass is 10.0. The first-order valence-corrected chi connectivity index (χ1v) is 12.1. The van der Waals surface area contributed by atoms with Crippen LogP contribution in [-0.4, -0.2) is 21.0 Å². The first-order chi connectivity index (χ1) is 17.9. The quantitative estimate of drug-likeness (QED) is 0.249. The van der Waals surface area contributed by atoms with Crippen LogP contribution in [0.2, 0.25) is 0 Å². The van der Waals surface area contributed by atoms with Gasteiger partial charge < -0.3 is 10.4 Å². The molecule has 5 aromatic rings. The Kier molecular flexibility index (Phi) is 6.52. The number of hydrogen-bond acceptors (Lipinski definition) is 4. The molecule has 0 spiro atoms. The number of nitrogens with zero attached hydrogens (tertiary/aromatic N) is 2. The van der Waals surface area contributed by atoms with Crippen LogP contribution in [0.3, 0.4) is 0 Å². The standard InChI is InChI=1S/C32H27N3O2/c1-4-22-5-9-24(10-6-22)26-13-14-28-29(18-26)34-30(27-16-20(2)15-21(3)17-27)35-31(28)33-19-23-7-11-25(12-8-23)32(36)37/h4-18H,1,19H2,2-3H3,(H,36,37)(H,33,34,35). The number of hydrogen-bond donors (Lipinski definition) is 2. The van der Waals surface area contributed by atoms with Gasteiger partial charge in [0.05, 0.1) is 11.1 Å². The number of rotatable bonds is 7. The first kappa shape index (κ1) is 23.9. The van der Waals surface area contributed by atoms with Gasteiger partial charge in [0, 0.05) is 17.5 Å². The molecule has 2 N–H and O–H groups in total. The number of fused-ring (bicyclic) bond motifs is 1. The van der Waals surface area contributed by atoms with Gasteiger partial charge in [-0.2, -0.15) is 0 Å². The maximum Gasteiger partial charge on any atom is 0.335 e. The van der Waals surface area contributed by atoms with Gasteiger partial charge >= 0.3 is 5.97 Å². The average molecular weight is 486 g/mol. The van der Waals surface area contributed by atoms with Crippen LogP contribution >= 0.6 is 0 Å². The number of nitrogens with one attached hydrogen (secondary N) is 1. The number of aromatic nitrogens is 2. The third kappa shape index (κ3) is 5.26. The topological polar surface area (TPSA) is 75.1 Å². The lowest BCUT2D eigenvalue weighted by Crippen LogP contribution is -2.05. The van der Waals surface area contributed by atoms with E-state index in [4.69, 9.17) is 9.97 Å². The largest absolute Gasteiger partial charge is 0.478 e. The third-order valence-corrected chi connectivity index (χ3v) is 6.32. The third-order valence-electron chi connectivity index (χ3n) is 6.32. The highest BCUT2D eigenvalue weighted by atomic mass is 16.4. The van der Waals surface area contributed by atoms with Crippen molar-refractivity contribution in [1.82, 2.24) is 9.97 Å². The number of carboxylic acid groups (broad SMARTS) is 1. The predicted octanol–water partition coefficient (Wildman–Crippen LogP) is 7.53. The Hall–Kier alpha value is -4.77. The van der Waals surface area contributed by atoms with E-state index in [1.807, 2.05) is 24.3 Å². The van der Waals surface area contributed by atoms with Gasteiger partial charge in [-0.05, 0) is 72.5 Å². The van der Waals surface area contributed by atoms with Gasteiger partial charge in [-0.15, -0.1) is 0 Å². The van der Waals surface area contributed by atoms with E-state index in [1.165, 1.54) is 0 Å². The molecule has 5 rings (SSSR count). The molecule has 5 nitrogen and oxygen atoms in total. The van der Waals surface area contributed by atoms with Gasteiger partial charge in [0.1, 0.15) is 5.82 Å². The molecule has 0 unspecified atom stereocenters. The molecule has 37 heavy (non-hydrogen) atoms. The van der Waals surface area contributed by atoms with Gasteiger partial charge in [-0.1, -0.05) is 72.3 Å². The minimum Gasteiger partial charge on any atom is -0.478 e. The normalized spacial score (nSPS) is 10.9. The van der Waals surface area contributed by atoms with Gasteiger partial charge in [-0.3, -0.25) is 0 Å². The second kappa shape index (κ2) is 10.1. The van der Waals surface area contributed by atoms with E-state index >= 15 is 0 Å². The second-order valence-corrected chi connectivity index (χ2v) is 9.19. The highest BCUT2D eigenvalue weighted by Crippen LogP contribution is 2.30. The van der Waals surface area contributed by atoms with Crippen LogP contribution in [0, 0.1) is 13.8 Å². The molecule has 5 heteroatoms. The van der Waals surface area contributed by atoms with Crippen LogP contribution in [0.1, 0.15) is 32.6 Å². The predicted molar refractivity (Wildman–Crippen MR) is 151 cm³/mol. The summed E-state index contributed by atoms with van der Waals surface area (Å²) >= 11 is 0. The van der Waals surface area contributed by atoms with Gasteiger partial charge in [-0.25, -0.2) is 14.8 Å². The fourth-order valence-electron chi connectivity index (χ4n) is 4.44. The van der Waals surface area contributed by atoms with E-state index in [9.17, 15) is 9.90 Å². The molecule has 0 fully saturated rings. The number of benzene rings is 4. The molecular formula is C32H27N3O2. The van der Waals surface area contributed by atoms with E-state index in [0.717, 1.165) is 55.7 Å². The SMILES string of the molecule is C=Cc1ccc(-c2ccc3c(NCc4ccc(C(=O)O)cc4)nc(-c4cc(C)cc(C)c4)nc3c2)cc1. The summed E-state index contributed by atoms with van der Waals surface area (Å²) in [6.45, 7) is 8.48. The molecule has 1 aromatic heterocycles. The van der Waals surface area contributed by atoms with Gasteiger partial charge in [0.2, 0.25) is 0 Å². The van der Waals surface area contributed by atoms with E-state index < -0.39 is 5.97 Å². The van der Waals surface area contributed by atoms with Crippen LogP contribution in [-0.2, 0) is 6.54 Å². The molecule has 0 amide bonds. The van der Waals surface area contributed by atoms with Crippen molar-refractivity contribution >= 4 is 28.8 Å². The molecule has 1 heterocycles. The van der Waals surface area contributed by atoms with Crippen LogP contribution in [0.5, 0.6) is 0 Å².